The fourth-order valence-corrected chi connectivity index (χ4v) is 6.87. The molecule has 0 spiro atoms. The van der Waals surface area contributed by atoms with E-state index in [9.17, 15) is 14.7 Å². The summed E-state index contributed by atoms with van der Waals surface area (Å²) in [5.41, 5.74) is 2.01. The molecule has 1 aliphatic heterocycles. The molecule has 0 bridgehead atoms. The second-order valence-electron chi connectivity index (χ2n) is 12.9. The van der Waals surface area contributed by atoms with Gasteiger partial charge in [-0.05, 0) is 51.8 Å². The highest BCUT2D eigenvalue weighted by atomic mass is 19.1. The van der Waals surface area contributed by atoms with Gasteiger partial charge in [0.05, 0.1) is 38.1 Å². The molecule has 242 valence electrons. The molecule has 3 heterocycles. The maximum Gasteiger partial charge on any atom is 0.408 e. The van der Waals surface area contributed by atoms with E-state index in [4.69, 9.17) is 18.9 Å². The largest absolute Gasteiger partial charge is 0.497 e. The zero-order valence-corrected chi connectivity index (χ0v) is 26.7. The summed E-state index contributed by atoms with van der Waals surface area (Å²) in [6.07, 6.45) is 3.56. The Labute approximate surface area is 267 Å². The molecule has 0 radical (unpaired) electrons. The zero-order chi connectivity index (χ0) is 32.7. The number of carboxylic acid groups (broad SMARTS) is 1. The van der Waals surface area contributed by atoms with Crippen LogP contribution in [0.2, 0.25) is 0 Å². The third kappa shape index (κ3) is 5.59. The Morgan fingerprint density at radius 2 is 1.91 bits per heavy atom. The lowest BCUT2D eigenvalue weighted by Gasteiger charge is -2.45. The van der Waals surface area contributed by atoms with Crippen LogP contribution in [0, 0.1) is 5.82 Å². The van der Waals surface area contributed by atoms with Gasteiger partial charge in [-0.1, -0.05) is 31.0 Å². The number of fused-ring (bicyclic) bond motifs is 2. The molecule has 2 aromatic carbocycles. The number of anilines is 1. The van der Waals surface area contributed by atoms with Crippen molar-refractivity contribution < 1.29 is 33.0 Å². The third-order valence-electron chi connectivity index (χ3n) is 8.99. The van der Waals surface area contributed by atoms with Crippen LogP contribution in [0.15, 0.2) is 53.1 Å². The van der Waals surface area contributed by atoms with E-state index in [1.165, 1.54) is 4.90 Å². The highest BCUT2D eigenvalue weighted by molar-refractivity contribution is 6.07. The molecule has 2 amide bonds. The number of rotatable bonds is 8. The van der Waals surface area contributed by atoms with Gasteiger partial charge in [0.1, 0.15) is 23.3 Å². The Morgan fingerprint density at radius 1 is 1.15 bits per heavy atom. The van der Waals surface area contributed by atoms with Crippen molar-refractivity contribution in [1.82, 2.24) is 14.8 Å². The van der Waals surface area contributed by atoms with Gasteiger partial charge in [-0.15, -0.1) is 0 Å². The molecule has 10 nitrogen and oxygen atoms in total. The molecule has 2 aliphatic rings. The van der Waals surface area contributed by atoms with E-state index in [1.54, 1.807) is 37.5 Å². The van der Waals surface area contributed by atoms with E-state index in [1.807, 2.05) is 51.1 Å². The number of aromatic nitrogens is 1. The van der Waals surface area contributed by atoms with Gasteiger partial charge in [0.2, 0.25) is 0 Å². The summed E-state index contributed by atoms with van der Waals surface area (Å²) in [5, 5.41) is 14.2. The second kappa shape index (κ2) is 12.2. The van der Waals surface area contributed by atoms with Crippen LogP contribution in [0.1, 0.15) is 67.9 Å². The first-order valence-electron chi connectivity index (χ1n) is 15.5. The smallest absolute Gasteiger partial charge is 0.408 e. The fourth-order valence-electron chi connectivity index (χ4n) is 6.87. The number of carbonyl (C=O) groups excluding carboxylic acids is 1. The van der Waals surface area contributed by atoms with Crippen molar-refractivity contribution in [3.05, 3.63) is 71.2 Å². The number of ether oxygens (including phenoxy) is 2. The Morgan fingerprint density at radius 3 is 2.63 bits per heavy atom. The van der Waals surface area contributed by atoms with E-state index in [2.05, 4.69) is 5.32 Å². The normalized spacial score (nSPS) is 18.0. The minimum atomic E-state index is -1.02. The van der Waals surface area contributed by atoms with Gasteiger partial charge >= 0.3 is 6.09 Å². The van der Waals surface area contributed by atoms with Crippen LogP contribution in [0.5, 0.6) is 11.5 Å². The monoisotopic (exact) mass is 630 g/mol. The Balaban J connectivity index is 1.43. The molecule has 2 aromatic heterocycles. The zero-order valence-electron chi connectivity index (χ0n) is 26.7. The van der Waals surface area contributed by atoms with E-state index >= 15 is 4.39 Å². The van der Waals surface area contributed by atoms with Gasteiger partial charge in [-0.25, -0.2) is 14.2 Å². The maximum atomic E-state index is 16.6. The summed E-state index contributed by atoms with van der Waals surface area (Å²) in [6.45, 7) is 5.79. The first-order chi connectivity index (χ1) is 22.0. The first-order valence-corrected chi connectivity index (χ1v) is 15.5. The number of para-hydroxylation sites is 1. The maximum absolute atomic E-state index is 16.6. The molecule has 4 aromatic rings. The molecule has 11 heteroatoms. The van der Waals surface area contributed by atoms with Crippen molar-refractivity contribution in [1.29, 1.82) is 0 Å². The number of carbonyl (C=O) groups is 2. The van der Waals surface area contributed by atoms with Crippen LogP contribution in [0.4, 0.5) is 15.0 Å². The van der Waals surface area contributed by atoms with Crippen LogP contribution >= 0.6 is 0 Å². The SMILES string of the molecule is COc1ccc(CN2Cc3c(F)c(N[C@@H]4CCCC[C@@H]4N(C(=O)O)C(C)(C)C)nc(-c4coc5ccccc45)c3C2=O)c(OC)c1. The summed E-state index contributed by atoms with van der Waals surface area (Å²) in [6, 6.07) is 12.0. The lowest BCUT2D eigenvalue weighted by Crippen LogP contribution is -2.58. The molecular formula is C35H39FN4O6. The predicted molar refractivity (Wildman–Crippen MR) is 172 cm³/mol. The Hall–Kier alpha value is -4.80. The molecule has 0 unspecified atom stereocenters. The topological polar surface area (TPSA) is 117 Å². The standard InChI is InChI=1S/C35H39FN4O6/c1-35(2,3)40(34(42)43)26-12-8-7-11-25(26)37-32-30(36)23-18-39(17-20-14-15-21(44-4)16-28(20)45-5)33(41)29(23)31(38-32)24-19-46-27-13-9-6-10-22(24)27/h6,9-10,13-16,19,25-26H,7-8,11-12,17-18H2,1-5H3,(H,37,38)(H,42,43)/t25-,26+/m1/s1. The van der Waals surface area contributed by atoms with Gasteiger partial charge in [-0.3, -0.25) is 9.69 Å². The van der Waals surface area contributed by atoms with E-state index < -0.39 is 17.4 Å². The van der Waals surface area contributed by atoms with Crippen molar-refractivity contribution >= 4 is 28.8 Å². The van der Waals surface area contributed by atoms with Crippen LogP contribution in [-0.4, -0.2) is 63.7 Å². The Bertz CT molecular complexity index is 1800. The van der Waals surface area contributed by atoms with Gasteiger partial charge in [-0.2, -0.15) is 0 Å². The molecule has 2 atom stereocenters. The van der Waals surface area contributed by atoms with Gasteiger partial charge in [0.25, 0.3) is 5.91 Å². The second-order valence-corrected chi connectivity index (χ2v) is 12.9. The van der Waals surface area contributed by atoms with Crippen molar-refractivity contribution in [3.63, 3.8) is 0 Å². The average Bonchev–Trinajstić information content (AvgIpc) is 3.60. The number of amides is 2. The molecule has 1 fully saturated rings. The lowest BCUT2D eigenvalue weighted by atomic mass is 9.86. The highest BCUT2D eigenvalue weighted by Gasteiger charge is 2.41. The summed E-state index contributed by atoms with van der Waals surface area (Å²) < 4.78 is 33.3. The summed E-state index contributed by atoms with van der Waals surface area (Å²) >= 11 is 0. The van der Waals surface area contributed by atoms with Gasteiger partial charge in [0.15, 0.2) is 11.6 Å². The fraction of sp³-hybridized carbons (Fsp3) is 0.400. The number of halogens is 1. The van der Waals surface area contributed by atoms with Crippen LogP contribution in [0.25, 0.3) is 22.2 Å². The quantitative estimate of drug-likeness (QED) is 0.208. The molecule has 2 N–H and O–H groups in total. The highest BCUT2D eigenvalue weighted by Crippen LogP contribution is 2.41. The van der Waals surface area contributed by atoms with Crippen molar-refractivity contribution in [2.24, 2.45) is 0 Å². The van der Waals surface area contributed by atoms with E-state index in [0.29, 0.717) is 41.2 Å². The van der Waals surface area contributed by atoms with Crippen molar-refractivity contribution in [2.75, 3.05) is 19.5 Å². The molecule has 1 aliphatic carbocycles. The van der Waals surface area contributed by atoms with Crippen LogP contribution < -0.4 is 14.8 Å². The van der Waals surface area contributed by atoms with Crippen LogP contribution in [-0.2, 0) is 13.1 Å². The van der Waals surface area contributed by atoms with Crippen molar-refractivity contribution in [2.45, 2.75) is 77.2 Å². The number of nitrogens with one attached hydrogen (secondary N) is 1. The molecule has 6 rings (SSSR count). The summed E-state index contributed by atoms with van der Waals surface area (Å²) in [7, 11) is 3.11. The summed E-state index contributed by atoms with van der Waals surface area (Å²) in [5.74, 6) is 0.185. The molecule has 0 saturated heterocycles. The number of pyridine rings is 1. The van der Waals surface area contributed by atoms with Gasteiger partial charge in [0, 0.05) is 46.3 Å². The molecule has 46 heavy (non-hydrogen) atoms. The van der Waals surface area contributed by atoms with Crippen LogP contribution in [0.3, 0.4) is 0 Å². The molecule has 1 saturated carbocycles. The number of benzene rings is 2. The third-order valence-corrected chi connectivity index (χ3v) is 8.99. The van der Waals surface area contributed by atoms with Gasteiger partial charge < -0.3 is 29.2 Å². The van der Waals surface area contributed by atoms with E-state index in [-0.39, 0.29) is 48.0 Å². The summed E-state index contributed by atoms with van der Waals surface area (Å²) in [4.78, 5) is 34.3. The Kier molecular flexibility index (Phi) is 8.26. The minimum Gasteiger partial charge on any atom is -0.497 e. The predicted octanol–water partition coefficient (Wildman–Crippen LogP) is 7.31. The van der Waals surface area contributed by atoms with Crippen molar-refractivity contribution in [3.8, 4) is 22.8 Å². The number of furan rings is 1. The number of nitrogens with zero attached hydrogens (tertiary/aromatic N) is 3. The molecular weight excluding hydrogens is 591 g/mol. The number of hydrogen-bond acceptors (Lipinski definition) is 7. The number of hydrogen-bond donors (Lipinski definition) is 2. The number of methoxy groups -OCH3 is 2. The lowest BCUT2D eigenvalue weighted by molar-refractivity contribution is 0.0519. The minimum absolute atomic E-state index is 0.00754. The first kappa shape index (κ1) is 31.2. The average molecular weight is 631 g/mol. The van der Waals surface area contributed by atoms with E-state index in [0.717, 1.165) is 23.8 Å².